The second-order valence-electron chi connectivity index (χ2n) is 3.98. The summed E-state index contributed by atoms with van der Waals surface area (Å²) in [5, 5.41) is 3.20. The summed E-state index contributed by atoms with van der Waals surface area (Å²) in [7, 11) is 1.56. The molecule has 0 spiro atoms. The van der Waals surface area contributed by atoms with Gasteiger partial charge in [0.25, 0.3) is 0 Å². The zero-order valence-electron chi connectivity index (χ0n) is 9.55. The molecule has 1 heterocycles. The van der Waals surface area contributed by atoms with Crippen LogP contribution in [0, 0.1) is 12.7 Å². The van der Waals surface area contributed by atoms with E-state index in [-0.39, 0.29) is 11.9 Å². The van der Waals surface area contributed by atoms with E-state index in [1.165, 1.54) is 6.07 Å². The number of hydrogen-bond donors (Lipinski definition) is 1. The van der Waals surface area contributed by atoms with Crippen molar-refractivity contribution < 1.29 is 13.9 Å². The number of methoxy groups -OCH3 is 1. The molecule has 1 aromatic rings. The van der Waals surface area contributed by atoms with E-state index in [0.29, 0.717) is 17.1 Å². The Labute approximate surface area is 94.6 Å². The van der Waals surface area contributed by atoms with Gasteiger partial charge < -0.3 is 14.8 Å². The number of nitrogens with one attached hydrogen (secondary N) is 1. The number of ether oxygens (including phenoxy) is 2. The van der Waals surface area contributed by atoms with Gasteiger partial charge in [0.05, 0.1) is 7.11 Å². The summed E-state index contributed by atoms with van der Waals surface area (Å²) >= 11 is 0. The van der Waals surface area contributed by atoms with Crippen molar-refractivity contribution in [3.63, 3.8) is 0 Å². The maximum Gasteiger partial charge on any atom is 0.164 e. The predicted molar refractivity (Wildman–Crippen MR) is 59.6 cm³/mol. The molecule has 3 nitrogen and oxygen atoms in total. The summed E-state index contributed by atoms with van der Waals surface area (Å²) in [6.07, 6.45) is 1.05. The van der Waals surface area contributed by atoms with Crippen molar-refractivity contribution in [3.05, 3.63) is 23.5 Å². The van der Waals surface area contributed by atoms with Crippen molar-refractivity contribution in [3.8, 4) is 11.5 Å². The summed E-state index contributed by atoms with van der Waals surface area (Å²) in [6.45, 7) is 3.46. The van der Waals surface area contributed by atoms with Gasteiger partial charge in [0.15, 0.2) is 11.5 Å². The minimum absolute atomic E-state index is 0.107. The first-order chi connectivity index (χ1) is 7.70. The number of benzene rings is 1. The van der Waals surface area contributed by atoms with E-state index in [2.05, 4.69) is 5.32 Å². The van der Waals surface area contributed by atoms with Gasteiger partial charge >= 0.3 is 0 Å². The van der Waals surface area contributed by atoms with Gasteiger partial charge in [-0.15, -0.1) is 0 Å². The lowest BCUT2D eigenvalue weighted by molar-refractivity contribution is 0.211. The van der Waals surface area contributed by atoms with Gasteiger partial charge in [-0.05, 0) is 31.5 Å². The molecule has 1 saturated heterocycles. The lowest BCUT2D eigenvalue weighted by atomic mass is 10.2. The predicted octanol–water partition coefficient (Wildman–Crippen LogP) is 1.88. The monoisotopic (exact) mass is 225 g/mol. The highest BCUT2D eigenvalue weighted by Gasteiger charge is 2.18. The summed E-state index contributed by atoms with van der Waals surface area (Å²) < 4.78 is 24.3. The van der Waals surface area contributed by atoms with Crippen molar-refractivity contribution in [1.29, 1.82) is 0 Å². The lowest BCUT2D eigenvalue weighted by Gasteiger charge is -2.16. The standard InChI is InChI=1S/C12H16FNO2/c1-8-5-11(15-2)12(6-10(8)13)16-9-3-4-14-7-9/h5-6,9,14H,3-4,7H2,1-2H3. The number of aryl methyl sites for hydroxylation is 1. The number of hydrogen-bond acceptors (Lipinski definition) is 3. The molecule has 0 amide bonds. The van der Waals surface area contributed by atoms with Crippen molar-refractivity contribution in [1.82, 2.24) is 5.32 Å². The van der Waals surface area contributed by atoms with Crippen LogP contribution in [0.5, 0.6) is 11.5 Å². The topological polar surface area (TPSA) is 30.5 Å². The zero-order chi connectivity index (χ0) is 11.5. The number of rotatable bonds is 3. The zero-order valence-corrected chi connectivity index (χ0v) is 9.55. The van der Waals surface area contributed by atoms with E-state index < -0.39 is 0 Å². The molecular formula is C12H16FNO2. The van der Waals surface area contributed by atoms with Crippen molar-refractivity contribution in [2.45, 2.75) is 19.4 Å². The van der Waals surface area contributed by atoms with Gasteiger partial charge in [-0.25, -0.2) is 4.39 Å². The third kappa shape index (κ3) is 2.27. The van der Waals surface area contributed by atoms with Crippen LogP contribution in [0.2, 0.25) is 0 Å². The fourth-order valence-electron chi connectivity index (χ4n) is 1.80. The Morgan fingerprint density at radius 3 is 2.81 bits per heavy atom. The molecule has 1 N–H and O–H groups in total. The fourth-order valence-corrected chi connectivity index (χ4v) is 1.80. The number of halogens is 1. The van der Waals surface area contributed by atoms with Gasteiger partial charge in [-0.2, -0.15) is 0 Å². The van der Waals surface area contributed by atoms with Crippen molar-refractivity contribution in [2.75, 3.05) is 20.2 Å². The van der Waals surface area contributed by atoms with E-state index in [1.54, 1.807) is 20.1 Å². The van der Waals surface area contributed by atoms with Crippen LogP contribution in [0.1, 0.15) is 12.0 Å². The SMILES string of the molecule is COc1cc(C)c(F)cc1OC1CCNC1. The van der Waals surface area contributed by atoms with Crippen LogP contribution in [0.15, 0.2) is 12.1 Å². The van der Waals surface area contributed by atoms with E-state index in [9.17, 15) is 4.39 Å². The van der Waals surface area contributed by atoms with Crippen molar-refractivity contribution in [2.24, 2.45) is 0 Å². The lowest BCUT2D eigenvalue weighted by Crippen LogP contribution is -2.20. The molecule has 0 bridgehead atoms. The van der Waals surface area contributed by atoms with Crippen LogP contribution in [0.3, 0.4) is 0 Å². The quantitative estimate of drug-likeness (QED) is 0.852. The largest absolute Gasteiger partial charge is 0.493 e. The molecule has 1 unspecified atom stereocenters. The molecule has 1 aliphatic rings. The molecule has 1 aliphatic heterocycles. The Balaban J connectivity index is 2.20. The third-order valence-corrected chi connectivity index (χ3v) is 2.75. The van der Waals surface area contributed by atoms with Crippen LogP contribution in [-0.2, 0) is 0 Å². The first-order valence-electron chi connectivity index (χ1n) is 5.42. The Bertz CT molecular complexity index is 376. The van der Waals surface area contributed by atoms with Crippen LogP contribution in [0.25, 0.3) is 0 Å². The Morgan fingerprint density at radius 2 is 2.19 bits per heavy atom. The molecule has 16 heavy (non-hydrogen) atoms. The summed E-state index contributed by atoms with van der Waals surface area (Å²) in [5.41, 5.74) is 0.564. The van der Waals surface area contributed by atoms with Gasteiger partial charge in [-0.3, -0.25) is 0 Å². The maximum atomic E-state index is 13.4. The third-order valence-electron chi connectivity index (χ3n) is 2.75. The minimum atomic E-state index is -0.262. The highest BCUT2D eigenvalue weighted by molar-refractivity contribution is 5.43. The molecule has 0 saturated carbocycles. The van der Waals surface area contributed by atoms with E-state index in [1.807, 2.05) is 0 Å². The molecule has 4 heteroatoms. The highest BCUT2D eigenvalue weighted by Crippen LogP contribution is 2.31. The first kappa shape index (κ1) is 11.2. The van der Waals surface area contributed by atoms with E-state index in [4.69, 9.17) is 9.47 Å². The molecule has 1 atom stereocenters. The van der Waals surface area contributed by atoms with Crippen LogP contribution in [-0.4, -0.2) is 26.3 Å². The smallest absolute Gasteiger partial charge is 0.164 e. The second kappa shape index (κ2) is 4.70. The summed E-state index contributed by atoms with van der Waals surface area (Å²) in [6, 6.07) is 3.06. The van der Waals surface area contributed by atoms with Gasteiger partial charge in [0, 0.05) is 12.6 Å². The Hall–Kier alpha value is -1.29. The molecule has 2 rings (SSSR count). The molecule has 0 aliphatic carbocycles. The van der Waals surface area contributed by atoms with Crippen LogP contribution < -0.4 is 14.8 Å². The summed E-state index contributed by atoms with van der Waals surface area (Å²) in [5.74, 6) is 0.812. The molecule has 0 radical (unpaired) electrons. The first-order valence-corrected chi connectivity index (χ1v) is 5.42. The maximum absolute atomic E-state index is 13.4. The molecule has 1 fully saturated rings. The molecule has 0 aromatic heterocycles. The minimum Gasteiger partial charge on any atom is -0.493 e. The normalized spacial score (nSPS) is 19.8. The second-order valence-corrected chi connectivity index (χ2v) is 3.98. The van der Waals surface area contributed by atoms with Crippen LogP contribution in [0.4, 0.5) is 4.39 Å². The molecule has 88 valence electrons. The molecule has 1 aromatic carbocycles. The average molecular weight is 225 g/mol. The summed E-state index contributed by atoms with van der Waals surface area (Å²) in [4.78, 5) is 0. The van der Waals surface area contributed by atoms with Gasteiger partial charge in [0.1, 0.15) is 11.9 Å². The van der Waals surface area contributed by atoms with Gasteiger partial charge in [-0.1, -0.05) is 0 Å². The Kier molecular flexibility index (Phi) is 3.29. The Morgan fingerprint density at radius 1 is 1.38 bits per heavy atom. The molecular weight excluding hydrogens is 209 g/mol. The average Bonchev–Trinajstić information content (AvgIpc) is 2.76. The van der Waals surface area contributed by atoms with Crippen LogP contribution >= 0.6 is 0 Å². The van der Waals surface area contributed by atoms with E-state index in [0.717, 1.165) is 19.5 Å². The fraction of sp³-hybridized carbons (Fsp3) is 0.500. The van der Waals surface area contributed by atoms with Crippen molar-refractivity contribution >= 4 is 0 Å². The van der Waals surface area contributed by atoms with Gasteiger partial charge in [0.2, 0.25) is 0 Å². The van der Waals surface area contributed by atoms with E-state index >= 15 is 0 Å². The highest BCUT2D eigenvalue weighted by atomic mass is 19.1.